The molecule has 4 rings (SSSR count). The van der Waals surface area contributed by atoms with E-state index in [-0.39, 0.29) is 30.6 Å². The van der Waals surface area contributed by atoms with E-state index in [4.69, 9.17) is 9.47 Å². The Labute approximate surface area is 301 Å². The Bertz CT molecular complexity index is 1690. The molecule has 1 saturated carbocycles. The van der Waals surface area contributed by atoms with Crippen LogP contribution in [0.2, 0.25) is 0 Å². The molecule has 3 aromatic carbocycles. The van der Waals surface area contributed by atoms with E-state index in [1.807, 2.05) is 69.3 Å². The average molecular weight is 700 g/mol. The maximum absolute atomic E-state index is 15.0. The van der Waals surface area contributed by atoms with Crippen LogP contribution in [0.1, 0.15) is 88.7 Å². The first-order valence-corrected chi connectivity index (χ1v) is 17.5. The van der Waals surface area contributed by atoms with Gasteiger partial charge < -0.3 is 30.1 Å². The fourth-order valence-corrected chi connectivity index (χ4v) is 6.01. The van der Waals surface area contributed by atoms with E-state index in [1.54, 1.807) is 58.6 Å². The number of ether oxygens (including phenoxy) is 2. The Kier molecular flexibility index (Phi) is 12.2. The van der Waals surface area contributed by atoms with Gasteiger partial charge in [0.25, 0.3) is 0 Å². The normalized spacial score (nSPS) is 17.4. The van der Waals surface area contributed by atoms with E-state index in [9.17, 15) is 24.3 Å². The Balaban J connectivity index is 1.80. The Morgan fingerprint density at radius 3 is 1.94 bits per heavy atom. The molecule has 0 aromatic heterocycles. The van der Waals surface area contributed by atoms with Crippen LogP contribution in [-0.2, 0) is 36.7 Å². The molecule has 0 aliphatic heterocycles. The number of hydrogen-bond donors (Lipinski definition) is 3. The zero-order valence-electron chi connectivity index (χ0n) is 31.3. The van der Waals surface area contributed by atoms with Crippen LogP contribution in [0, 0.1) is 19.8 Å². The number of carbonyl (C=O) groups is 4. The van der Waals surface area contributed by atoms with Crippen LogP contribution >= 0.6 is 0 Å². The molecule has 0 heterocycles. The van der Waals surface area contributed by atoms with Gasteiger partial charge in [-0.2, -0.15) is 0 Å². The summed E-state index contributed by atoms with van der Waals surface area (Å²) in [5.41, 5.74) is 2.19. The summed E-state index contributed by atoms with van der Waals surface area (Å²) in [6.07, 6.45) is 0.131. The number of nitrogens with zero attached hydrogens (tertiary/aromatic N) is 1. The van der Waals surface area contributed by atoms with Crippen LogP contribution in [-0.4, -0.2) is 63.2 Å². The Morgan fingerprint density at radius 2 is 1.37 bits per heavy atom. The van der Waals surface area contributed by atoms with Gasteiger partial charge in [-0.25, -0.2) is 9.59 Å². The maximum atomic E-state index is 15.0. The van der Waals surface area contributed by atoms with Crippen LogP contribution in [0.4, 0.5) is 4.79 Å². The first-order chi connectivity index (χ1) is 23.8. The number of carbonyl (C=O) groups excluding carboxylic acids is 4. The summed E-state index contributed by atoms with van der Waals surface area (Å²) in [7, 11) is 0. The number of alkyl carbamates (subject to hydrolysis) is 1. The SMILES string of the molecule is Cc1ccc(C)c(C(C(=O)NC(Cc2ccccc2)C(=O)OC(C)(C)C)N(C(=O)C(Cc2ccc(O)cc2)NC(=O)OC(C)(C)C)C2CC2C)c1. The van der Waals surface area contributed by atoms with Gasteiger partial charge in [0, 0.05) is 18.9 Å². The number of benzene rings is 3. The number of phenolic OH excluding ortho intramolecular Hbond substituents is 1. The van der Waals surface area contributed by atoms with Crippen molar-refractivity contribution in [2.45, 2.75) is 117 Å². The lowest BCUT2D eigenvalue weighted by Crippen LogP contribution is -2.56. The summed E-state index contributed by atoms with van der Waals surface area (Å²) >= 11 is 0. The van der Waals surface area contributed by atoms with E-state index < -0.39 is 53.2 Å². The van der Waals surface area contributed by atoms with Crippen molar-refractivity contribution in [2.75, 3.05) is 0 Å². The lowest BCUT2D eigenvalue weighted by Gasteiger charge is -2.36. The van der Waals surface area contributed by atoms with Crippen molar-refractivity contribution < 1.29 is 33.8 Å². The van der Waals surface area contributed by atoms with E-state index in [2.05, 4.69) is 10.6 Å². The first kappa shape index (κ1) is 38.9. The number of esters is 1. The second-order valence-corrected chi connectivity index (χ2v) is 15.6. The van der Waals surface area contributed by atoms with Crippen molar-refractivity contribution in [3.63, 3.8) is 0 Å². The van der Waals surface area contributed by atoms with Gasteiger partial charge in [-0.1, -0.05) is 73.2 Å². The highest BCUT2D eigenvalue weighted by molar-refractivity contribution is 5.94. The van der Waals surface area contributed by atoms with Gasteiger partial charge in [-0.3, -0.25) is 9.59 Å². The quantitative estimate of drug-likeness (QED) is 0.184. The molecule has 10 nitrogen and oxygen atoms in total. The molecule has 3 amide bonds. The van der Waals surface area contributed by atoms with Crippen LogP contribution in [0.25, 0.3) is 0 Å². The largest absolute Gasteiger partial charge is 0.508 e. The molecule has 3 N–H and O–H groups in total. The molecule has 0 spiro atoms. The van der Waals surface area contributed by atoms with Crippen molar-refractivity contribution >= 4 is 23.9 Å². The van der Waals surface area contributed by atoms with Crippen LogP contribution < -0.4 is 10.6 Å². The van der Waals surface area contributed by atoms with Gasteiger partial charge in [0.1, 0.15) is 35.1 Å². The second kappa shape index (κ2) is 16.0. The van der Waals surface area contributed by atoms with Gasteiger partial charge in [-0.05, 0) is 102 Å². The molecule has 274 valence electrons. The molecule has 1 fully saturated rings. The number of aromatic hydroxyl groups is 1. The standard InChI is InChI=1S/C41H53N3O7/c1-25-15-16-26(2)31(21-25)35(36(46)42-33(38(48)50-40(4,5)6)24-28-13-11-10-12-14-28)44(34-22-27(34)3)37(47)32(43-39(49)51-41(7,8)9)23-29-17-19-30(45)20-18-29/h10-21,27,32-35,45H,22-24H2,1-9H3,(H,42,46)(H,43,49). The molecule has 0 saturated heterocycles. The molecule has 3 aromatic rings. The zero-order valence-corrected chi connectivity index (χ0v) is 31.3. The van der Waals surface area contributed by atoms with Crippen molar-refractivity contribution in [3.05, 3.63) is 101 Å². The fraction of sp³-hybridized carbons (Fsp3) is 0.463. The average Bonchev–Trinajstić information content (AvgIpc) is 3.75. The third-order valence-electron chi connectivity index (χ3n) is 8.59. The third kappa shape index (κ3) is 11.3. The van der Waals surface area contributed by atoms with E-state index in [0.717, 1.165) is 16.7 Å². The van der Waals surface area contributed by atoms with Gasteiger partial charge in [0.2, 0.25) is 11.8 Å². The highest BCUT2D eigenvalue weighted by atomic mass is 16.6. The summed E-state index contributed by atoms with van der Waals surface area (Å²) in [5, 5.41) is 15.7. The van der Waals surface area contributed by atoms with Crippen molar-refractivity contribution in [1.82, 2.24) is 15.5 Å². The highest BCUT2D eigenvalue weighted by Gasteiger charge is 2.49. The molecule has 0 bridgehead atoms. The third-order valence-corrected chi connectivity index (χ3v) is 8.59. The maximum Gasteiger partial charge on any atom is 0.408 e. The van der Waals surface area contributed by atoms with Gasteiger partial charge in [0.05, 0.1) is 0 Å². The van der Waals surface area contributed by atoms with E-state index >= 15 is 0 Å². The lowest BCUT2D eigenvalue weighted by molar-refractivity contribution is -0.159. The van der Waals surface area contributed by atoms with E-state index in [1.165, 1.54) is 12.1 Å². The van der Waals surface area contributed by atoms with Gasteiger partial charge in [-0.15, -0.1) is 0 Å². The van der Waals surface area contributed by atoms with Crippen molar-refractivity contribution in [2.24, 2.45) is 5.92 Å². The number of nitrogens with one attached hydrogen (secondary N) is 2. The topological polar surface area (TPSA) is 134 Å². The number of phenols is 1. The zero-order chi connectivity index (χ0) is 37.7. The number of rotatable bonds is 12. The molecule has 5 atom stereocenters. The van der Waals surface area contributed by atoms with Crippen LogP contribution in [0.3, 0.4) is 0 Å². The Hall–Kier alpha value is -4.86. The van der Waals surface area contributed by atoms with Crippen molar-refractivity contribution in [3.8, 4) is 5.75 Å². The minimum Gasteiger partial charge on any atom is -0.508 e. The minimum atomic E-state index is -1.14. The fourth-order valence-electron chi connectivity index (χ4n) is 6.01. The molecule has 1 aliphatic rings. The summed E-state index contributed by atoms with van der Waals surface area (Å²) < 4.78 is 11.3. The molecular weight excluding hydrogens is 646 g/mol. The molecular formula is C41H53N3O7. The monoisotopic (exact) mass is 699 g/mol. The second-order valence-electron chi connectivity index (χ2n) is 15.6. The molecule has 51 heavy (non-hydrogen) atoms. The predicted octanol–water partition coefficient (Wildman–Crippen LogP) is 6.49. The van der Waals surface area contributed by atoms with Crippen LogP contribution in [0.15, 0.2) is 72.8 Å². The molecule has 1 aliphatic carbocycles. The first-order valence-electron chi connectivity index (χ1n) is 17.5. The number of amides is 3. The summed E-state index contributed by atoms with van der Waals surface area (Å²) in [5.74, 6) is -1.45. The smallest absolute Gasteiger partial charge is 0.408 e. The van der Waals surface area contributed by atoms with Gasteiger partial charge in [0.15, 0.2) is 0 Å². The predicted molar refractivity (Wildman–Crippen MR) is 196 cm³/mol. The summed E-state index contributed by atoms with van der Waals surface area (Å²) in [6.45, 7) is 16.3. The van der Waals surface area contributed by atoms with E-state index in [0.29, 0.717) is 17.5 Å². The van der Waals surface area contributed by atoms with Crippen molar-refractivity contribution in [1.29, 1.82) is 0 Å². The van der Waals surface area contributed by atoms with Gasteiger partial charge >= 0.3 is 12.1 Å². The highest BCUT2D eigenvalue weighted by Crippen LogP contribution is 2.41. The van der Waals surface area contributed by atoms with Crippen LogP contribution in [0.5, 0.6) is 5.75 Å². The molecule has 10 heteroatoms. The summed E-state index contributed by atoms with van der Waals surface area (Å²) in [4.78, 5) is 58.3. The lowest BCUT2D eigenvalue weighted by atomic mass is 9.94. The molecule has 0 radical (unpaired) electrons. The number of hydrogen-bond acceptors (Lipinski definition) is 7. The molecule has 5 unspecified atom stereocenters. The minimum absolute atomic E-state index is 0.0665. The Morgan fingerprint density at radius 1 is 0.804 bits per heavy atom. The summed E-state index contributed by atoms with van der Waals surface area (Å²) in [6, 6.07) is 17.9. The number of aryl methyl sites for hydroxylation is 2.